The number of aryl methyl sites for hydroxylation is 1. The van der Waals surface area contributed by atoms with E-state index in [1.807, 2.05) is 6.92 Å². The Morgan fingerprint density at radius 1 is 1.06 bits per heavy atom. The number of rotatable bonds is 1. The lowest BCUT2D eigenvalue weighted by molar-refractivity contribution is -0.137. The molecule has 0 N–H and O–H groups in total. The summed E-state index contributed by atoms with van der Waals surface area (Å²) in [5.74, 6) is 0. The highest BCUT2D eigenvalue weighted by Gasteiger charge is 2.33. The molecule has 0 unspecified atom stereocenters. The van der Waals surface area contributed by atoms with Crippen LogP contribution in [0, 0.1) is 13.0 Å². The number of hydrogen-bond acceptors (Lipinski definition) is 0. The van der Waals surface area contributed by atoms with Crippen molar-refractivity contribution in [2.45, 2.75) is 13.1 Å². The van der Waals surface area contributed by atoms with Gasteiger partial charge in [0.05, 0.1) is 10.6 Å². The number of hydrogen-bond donors (Lipinski definition) is 0. The second-order valence-corrected chi connectivity index (χ2v) is 4.36. The van der Waals surface area contributed by atoms with Crippen LogP contribution in [0.3, 0.4) is 0 Å². The van der Waals surface area contributed by atoms with Crippen LogP contribution in [0.5, 0.6) is 0 Å². The van der Waals surface area contributed by atoms with Gasteiger partial charge in [0, 0.05) is 0 Å². The Morgan fingerprint density at radius 3 is 2.33 bits per heavy atom. The van der Waals surface area contributed by atoms with E-state index in [0.29, 0.717) is 11.1 Å². The fraction of sp³-hybridized carbons (Fsp3) is 0.143. The molecule has 1 radical (unpaired) electrons. The molecule has 93 valence electrons. The molecule has 18 heavy (non-hydrogen) atoms. The summed E-state index contributed by atoms with van der Waals surface area (Å²) >= 11 is 5.57. The van der Waals surface area contributed by atoms with Gasteiger partial charge in [-0.05, 0) is 41.8 Å². The number of benzene rings is 2. The molecule has 0 heterocycles. The first-order valence-corrected chi connectivity index (χ1v) is 5.61. The quantitative estimate of drug-likeness (QED) is 0.673. The molecule has 0 saturated carbocycles. The molecule has 0 aliphatic carbocycles. The van der Waals surface area contributed by atoms with E-state index in [1.165, 1.54) is 6.07 Å². The minimum absolute atomic E-state index is 0.287. The Kier molecular flexibility index (Phi) is 3.35. The van der Waals surface area contributed by atoms with Crippen molar-refractivity contribution in [2.24, 2.45) is 0 Å². The molecule has 0 aliphatic heterocycles. The van der Waals surface area contributed by atoms with Gasteiger partial charge in [-0.1, -0.05) is 35.9 Å². The summed E-state index contributed by atoms with van der Waals surface area (Å²) in [5, 5.41) is -0.287. The lowest BCUT2D eigenvalue weighted by Crippen LogP contribution is -2.05. The van der Waals surface area contributed by atoms with Gasteiger partial charge in [0.25, 0.3) is 0 Å². The molecule has 0 atom stereocenters. The highest BCUT2D eigenvalue weighted by Crippen LogP contribution is 2.37. The van der Waals surface area contributed by atoms with Crippen LogP contribution in [0.15, 0.2) is 36.4 Å². The Morgan fingerprint density at radius 2 is 1.72 bits per heavy atom. The Labute approximate surface area is 108 Å². The van der Waals surface area contributed by atoms with Gasteiger partial charge >= 0.3 is 6.18 Å². The summed E-state index contributed by atoms with van der Waals surface area (Å²) in [6.45, 7) is 1.84. The molecule has 2 rings (SSSR count). The highest BCUT2D eigenvalue weighted by molar-refractivity contribution is 6.31. The lowest BCUT2D eigenvalue weighted by atomic mass is 10.0. The zero-order valence-electron chi connectivity index (χ0n) is 9.48. The summed E-state index contributed by atoms with van der Waals surface area (Å²) in [6, 6.07) is 12.0. The van der Waals surface area contributed by atoms with Gasteiger partial charge in [0.2, 0.25) is 0 Å². The van der Waals surface area contributed by atoms with Crippen molar-refractivity contribution in [3.05, 3.63) is 58.6 Å². The first-order valence-electron chi connectivity index (χ1n) is 5.23. The minimum Gasteiger partial charge on any atom is -0.166 e. The maximum Gasteiger partial charge on any atom is 0.417 e. The van der Waals surface area contributed by atoms with E-state index in [-0.39, 0.29) is 5.02 Å². The van der Waals surface area contributed by atoms with Crippen molar-refractivity contribution in [1.29, 1.82) is 0 Å². The summed E-state index contributed by atoms with van der Waals surface area (Å²) in [4.78, 5) is 0. The second kappa shape index (κ2) is 4.65. The highest BCUT2D eigenvalue weighted by atomic mass is 35.5. The fourth-order valence-electron chi connectivity index (χ4n) is 1.69. The molecular weight excluding hydrogens is 261 g/mol. The normalized spacial score (nSPS) is 11.6. The van der Waals surface area contributed by atoms with Crippen molar-refractivity contribution in [2.75, 3.05) is 0 Å². The molecule has 0 bridgehead atoms. The third kappa shape index (κ3) is 2.67. The van der Waals surface area contributed by atoms with E-state index < -0.39 is 11.7 Å². The fourth-order valence-corrected chi connectivity index (χ4v) is 1.91. The average Bonchev–Trinajstić information content (AvgIpc) is 2.28. The van der Waals surface area contributed by atoms with Crippen molar-refractivity contribution in [3.8, 4) is 11.1 Å². The maximum atomic E-state index is 12.7. The van der Waals surface area contributed by atoms with Crippen LogP contribution in [0.2, 0.25) is 5.02 Å². The topological polar surface area (TPSA) is 0 Å². The molecule has 0 fully saturated rings. The largest absolute Gasteiger partial charge is 0.417 e. The predicted molar refractivity (Wildman–Crippen MR) is 65.5 cm³/mol. The van der Waals surface area contributed by atoms with Gasteiger partial charge in [0.15, 0.2) is 0 Å². The molecule has 0 spiro atoms. The number of halogens is 4. The van der Waals surface area contributed by atoms with Gasteiger partial charge < -0.3 is 0 Å². The molecule has 2 aromatic carbocycles. The molecule has 2 aromatic rings. The summed E-state index contributed by atoms with van der Waals surface area (Å²) in [5.41, 5.74) is 1.26. The zero-order valence-corrected chi connectivity index (χ0v) is 10.2. The van der Waals surface area contributed by atoms with Crippen molar-refractivity contribution >= 4 is 11.6 Å². The predicted octanol–water partition coefficient (Wildman–Crippen LogP) is 5.13. The van der Waals surface area contributed by atoms with E-state index in [0.717, 1.165) is 11.6 Å². The molecule has 0 amide bonds. The average molecular weight is 270 g/mol. The van der Waals surface area contributed by atoms with E-state index in [1.54, 1.807) is 24.3 Å². The molecular formula is C14H9ClF3. The monoisotopic (exact) mass is 269 g/mol. The SMILES string of the molecule is Cc1[c]ccc(-c2ccc(Cl)c(C(F)(F)F)c2)c1. The standard InChI is InChI=1S/C14H9ClF3/c1-9-3-2-4-10(7-9)11-5-6-13(15)12(8-11)14(16,17)18/h2,4-8H,1H3. The van der Waals surface area contributed by atoms with Crippen LogP contribution in [0.1, 0.15) is 11.1 Å². The second-order valence-electron chi connectivity index (χ2n) is 3.95. The van der Waals surface area contributed by atoms with Crippen molar-refractivity contribution in [3.63, 3.8) is 0 Å². The van der Waals surface area contributed by atoms with Gasteiger partial charge in [-0.2, -0.15) is 13.2 Å². The van der Waals surface area contributed by atoms with Gasteiger partial charge in [-0.25, -0.2) is 0 Å². The first kappa shape index (κ1) is 13.0. The summed E-state index contributed by atoms with van der Waals surface area (Å²) < 4.78 is 38.2. The first-order chi connectivity index (χ1) is 8.38. The van der Waals surface area contributed by atoms with Crippen LogP contribution in [0.25, 0.3) is 11.1 Å². The van der Waals surface area contributed by atoms with Crippen LogP contribution in [-0.2, 0) is 6.18 Å². The summed E-state index contributed by atoms with van der Waals surface area (Å²) in [7, 11) is 0. The number of alkyl halides is 3. The van der Waals surface area contributed by atoms with Crippen LogP contribution < -0.4 is 0 Å². The zero-order chi connectivity index (χ0) is 13.3. The Hall–Kier alpha value is -1.48. The third-order valence-corrected chi connectivity index (χ3v) is 2.88. The van der Waals surface area contributed by atoms with Crippen LogP contribution in [0.4, 0.5) is 13.2 Å². The van der Waals surface area contributed by atoms with Gasteiger partial charge in [-0.3, -0.25) is 0 Å². The minimum atomic E-state index is -4.44. The Bertz CT molecular complexity index is 573. The molecule has 0 saturated heterocycles. The molecule has 0 aliphatic rings. The summed E-state index contributed by atoms with van der Waals surface area (Å²) in [6.07, 6.45) is -4.44. The van der Waals surface area contributed by atoms with Gasteiger partial charge in [0.1, 0.15) is 0 Å². The van der Waals surface area contributed by atoms with Crippen molar-refractivity contribution in [1.82, 2.24) is 0 Å². The molecule has 0 aromatic heterocycles. The van der Waals surface area contributed by atoms with Gasteiger partial charge in [-0.15, -0.1) is 0 Å². The van der Waals surface area contributed by atoms with Crippen LogP contribution >= 0.6 is 11.6 Å². The van der Waals surface area contributed by atoms with E-state index in [4.69, 9.17) is 11.6 Å². The van der Waals surface area contributed by atoms with E-state index in [2.05, 4.69) is 6.07 Å². The molecule has 0 nitrogen and oxygen atoms in total. The smallest absolute Gasteiger partial charge is 0.166 e. The van der Waals surface area contributed by atoms with Crippen LogP contribution in [-0.4, -0.2) is 0 Å². The third-order valence-electron chi connectivity index (χ3n) is 2.55. The van der Waals surface area contributed by atoms with Crippen molar-refractivity contribution < 1.29 is 13.2 Å². The maximum absolute atomic E-state index is 12.7. The van der Waals surface area contributed by atoms with E-state index >= 15 is 0 Å². The molecule has 4 heteroatoms. The lowest BCUT2D eigenvalue weighted by Gasteiger charge is -2.11. The van der Waals surface area contributed by atoms with E-state index in [9.17, 15) is 13.2 Å². The Balaban J connectivity index is 2.54.